The van der Waals surface area contributed by atoms with E-state index in [1.165, 1.54) is 7.11 Å². The van der Waals surface area contributed by atoms with E-state index in [-0.39, 0.29) is 57.8 Å². The number of nitrogens with one attached hydrogen (secondary N) is 2. The van der Waals surface area contributed by atoms with Crippen LogP contribution in [0.25, 0.3) is 0 Å². The standard InChI is InChI=1S/C32H52N2O15/c1-22(42-3)17-48-31(39)33-25-8-4-23(5-9-25)16-24-6-10-26(11-7-24)34-32(40)49-21-30(38)47-20-29(37)45-15-13-43-12-14-44-28(36)19-46-27(35)18-41-2/h22-26H,4-21H2,1-3H3,(H,33,39)(H,34,40). The summed E-state index contributed by atoms with van der Waals surface area (Å²) in [5.74, 6) is -1.96. The zero-order valence-electron chi connectivity index (χ0n) is 28.7. The van der Waals surface area contributed by atoms with Crippen LogP contribution in [0.3, 0.4) is 0 Å². The van der Waals surface area contributed by atoms with Crippen molar-refractivity contribution in [3.05, 3.63) is 0 Å². The summed E-state index contributed by atoms with van der Waals surface area (Å²) < 4.78 is 43.9. The fourth-order valence-electron chi connectivity index (χ4n) is 5.45. The van der Waals surface area contributed by atoms with Crippen molar-refractivity contribution in [3.8, 4) is 0 Å². The van der Waals surface area contributed by atoms with Gasteiger partial charge in [0.25, 0.3) is 0 Å². The van der Waals surface area contributed by atoms with Gasteiger partial charge in [0, 0.05) is 26.3 Å². The lowest BCUT2D eigenvalue weighted by atomic mass is 9.76. The van der Waals surface area contributed by atoms with Crippen LogP contribution < -0.4 is 10.6 Å². The number of carbonyl (C=O) groups excluding carboxylic acids is 6. The van der Waals surface area contributed by atoms with Crippen LogP contribution >= 0.6 is 0 Å². The molecule has 0 aromatic carbocycles. The molecular formula is C32H52N2O15. The molecule has 2 N–H and O–H groups in total. The molecule has 1 unspecified atom stereocenters. The Kier molecular flexibility index (Phi) is 20.7. The summed E-state index contributed by atoms with van der Waals surface area (Å²) in [6.45, 7) is -0.280. The van der Waals surface area contributed by atoms with Crippen molar-refractivity contribution in [1.29, 1.82) is 0 Å². The minimum absolute atomic E-state index is 0.000809. The van der Waals surface area contributed by atoms with Gasteiger partial charge in [-0.2, -0.15) is 0 Å². The molecule has 2 rings (SSSR count). The van der Waals surface area contributed by atoms with Crippen LogP contribution in [-0.4, -0.2) is 128 Å². The van der Waals surface area contributed by atoms with Gasteiger partial charge in [-0.25, -0.2) is 28.8 Å². The number of hydrogen-bond donors (Lipinski definition) is 2. The zero-order chi connectivity index (χ0) is 35.9. The second kappa shape index (κ2) is 24.4. The van der Waals surface area contributed by atoms with E-state index < -0.39 is 55.9 Å². The molecule has 0 aromatic rings. The summed E-state index contributed by atoms with van der Waals surface area (Å²) in [5.41, 5.74) is 0. The Bertz CT molecular complexity index is 1030. The Morgan fingerprint density at radius 2 is 0.980 bits per heavy atom. The number of amides is 2. The average molecular weight is 705 g/mol. The summed E-state index contributed by atoms with van der Waals surface area (Å²) >= 11 is 0. The topological polar surface area (TPSA) is 210 Å². The zero-order valence-corrected chi connectivity index (χ0v) is 28.7. The van der Waals surface area contributed by atoms with Gasteiger partial charge in [-0.05, 0) is 76.5 Å². The number of esters is 4. The fraction of sp³-hybridized carbons (Fsp3) is 0.812. The summed E-state index contributed by atoms with van der Waals surface area (Å²) in [7, 11) is 2.89. The van der Waals surface area contributed by atoms with Gasteiger partial charge in [-0.15, -0.1) is 0 Å². The third-order valence-corrected chi connectivity index (χ3v) is 8.12. The van der Waals surface area contributed by atoms with Gasteiger partial charge in [-0.3, -0.25) is 0 Å². The van der Waals surface area contributed by atoms with Gasteiger partial charge in [0.2, 0.25) is 0 Å². The Labute approximate surface area is 286 Å². The second-order valence-corrected chi connectivity index (χ2v) is 12.0. The van der Waals surface area contributed by atoms with Gasteiger partial charge >= 0.3 is 36.1 Å². The van der Waals surface area contributed by atoms with E-state index in [0.29, 0.717) is 11.8 Å². The summed E-state index contributed by atoms with van der Waals surface area (Å²) in [4.78, 5) is 70.2. The van der Waals surface area contributed by atoms with Crippen LogP contribution in [0.2, 0.25) is 0 Å². The first kappa shape index (κ1) is 41.5. The Hall–Kier alpha value is -3.70. The lowest BCUT2D eigenvalue weighted by Crippen LogP contribution is -2.40. The number of carbonyl (C=O) groups is 6. The van der Waals surface area contributed by atoms with Crippen molar-refractivity contribution < 1.29 is 71.4 Å². The molecule has 2 aliphatic rings. The molecule has 2 aliphatic carbocycles. The summed E-state index contributed by atoms with van der Waals surface area (Å²) in [6.07, 6.45) is 7.49. The number of ether oxygens (including phenoxy) is 9. The van der Waals surface area contributed by atoms with Crippen molar-refractivity contribution in [2.24, 2.45) is 11.8 Å². The van der Waals surface area contributed by atoms with Crippen LogP contribution in [0.1, 0.15) is 64.7 Å². The van der Waals surface area contributed by atoms with Crippen molar-refractivity contribution >= 4 is 36.1 Å². The number of alkyl carbamates (subject to hydrolysis) is 2. The van der Waals surface area contributed by atoms with Crippen molar-refractivity contribution in [3.63, 3.8) is 0 Å². The maximum absolute atomic E-state index is 12.2. The van der Waals surface area contributed by atoms with E-state index in [1.807, 2.05) is 6.92 Å². The highest BCUT2D eigenvalue weighted by atomic mass is 16.6. The number of hydrogen-bond acceptors (Lipinski definition) is 15. The van der Waals surface area contributed by atoms with Gasteiger partial charge in [0.1, 0.15) is 26.4 Å². The molecule has 280 valence electrons. The molecular weight excluding hydrogens is 652 g/mol. The highest BCUT2D eigenvalue weighted by Gasteiger charge is 2.28. The largest absolute Gasteiger partial charge is 0.461 e. The van der Waals surface area contributed by atoms with Crippen LogP contribution in [0.15, 0.2) is 0 Å². The predicted molar refractivity (Wildman–Crippen MR) is 168 cm³/mol. The maximum Gasteiger partial charge on any atom is 0.407 e. The molecule has 2 fully saturated rings. The lowest BCUT2D eigenvalue weighted by Gasteiger charge is -2.34. The smallest absolute Gasteiger partial charge is 0.407 e. The molecule has 0 spiro atoms. The molecule has 0 bridgehead atoms. The van der Waals surface area contributed by atoms with E-state index in [2.05, 4.69) is 20.1 Å². The van der Waals surface area contributed by atoms with Gasteiger partial charge in [-0.1, -0.05) is 0 Å². The van der Waals surface area contributed by atoms with E-state index in [4.69, 9.17) is 33.2 Å². The van der Waals surface area contributed by atoms with Crippen LogP contribution in [0.4, 0.5) is 9.59 Å². The highest BCUT2D eigenvalue weighted by molar-refractivity contribution is 5.79. The molecule has 0 heterocycles. The molecule has 17 nitrogen and oxygen atoms in total. The van der Waals surface area contributed by atoms with Gasteiger partial charge < -0.3 is 53.3 Å². The second-order valence-electron chi connectivity index (χ2n) is 12.0. The van der Waals surface area contributed by atoms with E-state index in [1.54, 1.807) is 7.11 Å². The van der Waals surface area contributed by atoms with Crippen LogP contribution in [0, 0.1) is 11.8 Å². The molecule has 0 saturated heterocycles. The van der Waals surface area contributed by atoms with E-state index in [0.717, 1.165) is 57.8 Å². The molecule has 2 saturated carbocycles. The first-order valence-corrected chi connectivity index (χ1v) is 16.7. The lowest BCUT2D eigenvalue weighted by molar-refractivity contribution is -0.162. The first-order valence-electron chi connectivity index (χ1n) is 16.7. The summed E-state index contributed by atoms with van der Waals surface area (Å²) in [5, 5.41) is 5.75. The van der Waals surface area contributed by atoms with E-state index >= 15 is 0 Å². The molecule has 49 heavy (non-hydrogen) atoms. The van der Waals surface area contributed by atoms with Crippen LogP contribution in [-0.2, 0) is 61.8 Å². The van der Waals surface area contributed by atoms with E-state index in [9.17, 15) is 28.8 Å². The first-order chi connectivity index (χ1) is 23.6. The quantitative estimate of drug-likeness (QED) is 0.0992. The number of rotatable bonds is 21. The average Bonchev–Trinajstić information content (AvgIpc) is 3.09. The normalized spacial score (nSPS) is 21.0. The minimum atomic E-state index is -0.899. The minimum Gasteiger partial charge on any atom is -0.461 e. The van der Waals surface area contributed by atoms with Crippen LogP contribution in [0.5, 0.6) is 0 Å². The molecule has 1 atom stereocenters. The fourth-order valence-corrected chi connectivity index (χ4v) is 5.45. The Morgan fingerprint density at radius 3 is 1.45 bits per heavy atom. The third kappa shape index (κ3) is 19.8. The maximum atomic E-state index is 12.2. The molecule has 0 radical (unpaired) electrons. The van der Waals surface area contributed by atoms with Crippen molar-refractivity contribution in [1.82, 2.24) is 10.6 Å². The molecule has 0 aromatic heterocycles. The van der Waals surface area contributed by atoms with Gasteiger partial charge in [0.15, 0.2) is 19.8 Å². The van der Waals surface area contributed by atoms with Gasteiger partial charge in [0.05, 0.1) is 19.3 Å². The highest BCUT2D eigenvalue weighted by Crippen LogP contribution is 2.35. The summed E-state index contributed by atoms with van der Waals surface area (Å²) in [6, 6.07) is 0.0958. The molecule has 2 amide bonds. The van der Waals surface area contributed by atoms with Crippen molar-refractivity contribution in [2.45, 2.75) is 82.9 Å². The van der Waals surface area contributed by atoms with Crippen molar-refractivity contribution in [2.75, 3.05) is 73.7 Å². The molecule has 0 aliphatic heterocycles. The predicted octanol–water partition coefficient (Wildman–Crippen LogP) is 1.82. The Balaban J connectivity index is 1.44. The number of methoxy groups -OCH3 is 2. The molecule has 17 heteroatoms. The Morgan fingerprint density at radius 1 is 0.551 bits per heavy atom. The monoisotopic (exact) mass is 704 g/mol. The SMILES string of the molecule is COCC(=O)OCC(=O)OCCOCCOC(=O)COC(=O)COC(=O)NC1CCC(CC2CCC(NC(=O)OCC(C)OC)CC2)CC1. The third-order valence-electron chi connectivity index (χ3n) is 8.12.